The predicted molar refractivity (Wildman–Crippen MR) is 75.1 cm³/mol. The van der Waals surface area contributed by atoms with Crippen LogP contribution in [0.15, 0.2) is 49.1 Å². The SMILES string of the molecule is O=C(Nc1ncn[nH]1)c1cc(-n2cccc2)ccc1Cl. The first-order valence-electron chi connectivity index (χ1n) is 5.83. The van der Waals surface area contributed by atoms with E-state index in [0.29, 0.717) is 10.6 Å². The molecule has 100 valence electrons. The summed E-state index contributed by atoms with van der Waals surface area (Å²) >= 11 is 6.08. The van der Waals surface area contributed by atoms with E-state index in [-0.39, 0.29) is 11.9 Å². The molecule has 6 nitrogen and oxygen atoms in total. The van der Waals surface area contributed by atoms with E-state index in [2.05, 4.69) is 20.5 Å². The van der Waals surface area contributed by atoms with Crippen LogP contribution in [0.1, 0.15) is 10.4 Å². The first-order valence-corrected chi connectivity index (χ1v) is 6.21. The number of anilines is 1. The van der Waals surface area contributed by atoms with Crippen molar-refractivity contribution in [2.24, 2.45) is 0 Å². The largest absolute Gasteiger partial charge is 0.324 e. The lowest BCUT2D eigenvalue weighted by Gasteiger charge is -2.08. The van der Waals surface area contributed by atoms with E-state index in [4.69, 9.17) is 11.6 Å². The van der Waals surface area contributed by atoms with E-state index >= 15 is 0 Å². The smallest absolute Gasteiger partial charge is 0.259 e. The number of rotatable bonds is 3. The number of amides is 1. The molecular formula is C13H10ClN5O. The van der Waals surface area contributed by atoms with Crippen molar-refractivity contribution in [3.63, 3.8) is 0 Å². The van der Waals surface area contributed by atoms with Crippen LogP contribution in [0.2, 0.25) is 5.02 Å². The number of hydrogen-bond donors (Lipinski definition) is 2. The molecule has 0 atom stereocenters. The van der Waals surface area contributed by atoms with Crippen molar-refractivity contribution >= 4 is 23.5 Å². The number of aromatic amines is 1. The second kappa shape index (κ2) is 5.18. The first-order chi connectivity index (χ1) is 9.74. The van der Waals surface area contributed by atoms with Gasteiger partial charge in [-0.2, -0.15) is 10.1 Å². The Bertz CT molecular complexity index is 721. The van der Waals surface area contributed by atoms with Crippen molar-refractivity contribution in [3.05, 3.63) is 59.6 Å². The molecule has 0 unspecified atom stereocenters. The normalized spacial score (nSPS) is 10.4. The Morgan fingerprint density at radius 1 is 1.30 bits per heavy atom. The van der Waals surface area contributed by atoms with Crippen LogP contribution < -0.4 is 5.32 Å². The van der Waals surface area contributed by atoms with Gasteiger partial charge in [-0.3, -0.25) is 10.1 Å². The van der Waals surface area contributed by atoms with Crippen LogP contribution >= 0.6 is 11.6 Å². The summed E-state index contributed by atoms with van der Waals surface area (Å²) in [6.45, 7) is 0. The molecule has 0 aliphatic rings. The molecule has 0 radical (unpaired) electrons. The van der Waals surface area contributed by atoms with Crippen molar-refractivity contribution in [1.82, 2.24) is 19.7 Å². The average Bonchev–Trinajstić information content (AvgIpc) is 3.11. The van der Waals surface area contributed by atoms with Gasteiger partial charge in [0, 0.05) is 18.1 Å². The molecule has 2 N–H and O–H groups in total. The summed E-state index contributed by atoms with van der Waals surface area (Å²) in [5, 5.41) is 9.18. The Balaban J connectivity index is 1.92. The number of carbonyl (C=O) groups excluding carboxylic acids is 1. The Morgan fingerprint density at radius 2 is 2.10 bits per heavy atom. The van der Waals surface area contributed by atoms with Crippen molar-refractivity contribution in [2.75, 3.05) is 5.32 Å². The maximum atomic E-state index is 12.2. The van der Waals surface area contributed by atoms with E-state index in [1.54, 1.807) is 12.1 Å². The van der Waals surface area contributed by atoms with Gasteiger partial charge in [0.1, 0.15) is 6.33 Å². The Hall–Kier alpha value is -2.60. The van der Waals surface area contributed by atoms with Crippen LogP contribution in [-0.2, 0) is 0 Å². The zero-order valence-corrected chi connectivity index (χ0v) is 11.0. The number of nitrogens with one attached hydrogen (secondary N) is 2. The van der Waals surface area contributed by atoms with Crippen LogP contribution in [0.3, 0.4) is 0 Å². The minimum absolute atomic E-state index is 0.275. The predicted octanol–water partition coefficient (Wildman–Crippen LogP) is 2.50. The number of aromatic nitrogens is 4. The summed E-state index contributed by atoms with van der Waals surface area (Å²) in [5.74, 6) is -0.0711. The molecule has 2 aromatic heterocycles. The van der Waals surface area contributed by atoms with Gasteiger partial charge in [0.15, 0.2) is 0 Å². The molecule has 20 heavy (non-hydrogen) atoms. The van der Waals surface area contributed by atoms with E-state index in [1.807, 2.05) is 35.2 Å². The lowest BCUT2D eigenvalue weighted by atomic mass is 10.2. The van der Waals surface area contributed by atoms with Crippen molar-refractivity contribution in [3.8, 4) is 5.69 Å². The fourth-order valence-corrected chi connectivity index (χ4v) is 2.00. The van der Waals surface area contributed by atoms with Crippen LogP contribution in [0.5, 0.6) is 0 Å². The molecule has 0 aliphatic heterocycles. The zero-order chi connectivity index (χ0) is 13.9. The standard InChI is InChI=1S/C13H10ClN5O/c14-11-4-3-9(19-5-1-2-6-19)7-10(11)12(20)17-13-15-8-16-18-13/h1-8H,(H2,15,16,17,18,20). The fraction of sp³-hybridized carbons (Fsp3) is 0. The number of hydrogen-bond acceptors (Lipinski definition) is 3. The number of halogens is 1. The maximum Gasteiger partial charge on any atom is 0.259 e. The molecule has 0 aliphatic carbocycles. The van der Waals surface area contributed by atoms with Gasteiger partial charge < -0.3 is 4.57 Å². The van der Waals surface area contributed by atoms with E-state index < -0.39 is 0 Å². The molecule has 2 heterocycles. The van der Waals surface area contributed by atoms with Crippen LogP contribution in [0.25, 0.3) is 5.69 Å². The zero-order valence-electron chi connectivity index (χ0n) is 10.2. The van der Waals surface area contributed by atoms with Crippen LogP contribution in [-0.4, -0.2) is 25.7 Å². The van der Waals surface area contributed by atoms with Crippen molar-refractivity contribution in [1.29, 1.82) is 0 Å². The topological polar surface area (TPSA) is 75.6 Å². The highest BCUT2D eigenvalue weighted by Crippen LogP contribution is 2.21. The monoisotopic (exact) mass is 287 g/mol. The molecule has 0 fully saturated rings. The Labute approximate surface area is 119 Å². The van der Waals surface area contributed by atoms with E-state index in [0.717, 1.165) is 5.69 Å². The van der Waals surface area contributed by atoms with Crippen molar-refractivity contribution < 1.29 is 4.79 Å². The molecule has 3 rings (SSSR count). The van der Waals surface area contributed by atoms with Crippen molar-refractivity contribution in [2.45, 2.75) is 0 Å². The minimum Gasteiger partial charge on any atom is -0.324 e. The quantitative estimate of drug-likeness (QED) is 0.777. The molecule has 1 amide bonds. The maximum absolute atomic E-state index is 12.2. The summed E-state index contributed by atoms with van der Waals surface area (Å²) in [6, 6.07) is 9.06. The minimum atomic E-state index is -0.347. The highest BCUT2D eigenvalue weighted by molar-refractivity contribution is 6.34. The molecule has 3 aromatic rings. The number of carbonyl (C=O) groups is 1. The second-order valence-corrected chi connectivity index (χ2v) is 4.45. The molecular weight excluding hydrogens is 278 g/mol. The molecule has 0 saturated carbocycles. The van der Waals surface area contributed by atoms with Crippen LogP contribution in [0, 0.1) is 0 Å². The molecule has 0 saturated heterocycles. The lowest BCUT2D eigenvalue weighted by molar-refractivity contribution is 0.102. The third-order valence-electron chi connectivity index (χ3n) is 2.74. The van der Waals surface area contributed by atoms with Gasteiger partial charge in [-0.1, -0.05) is 11.6 Å². The lowest BCUT2D eigenvalue weighted by Crippen LogP contribution is -2.14. The number of H-pyrrole nitrogens is 1. The third-order valence-corrected chi connectivity index (χ3v) is 3.07. The fourth-order valence-electron chi connectivity index (χ4n) is 1.80. The van der Waals surface area contributed by atoms with Gasteiger partial charge >= 0.3 is 0 Å². The molecule has 0 bridgehead atoms. The summed E-state index contributed by atoms with van der Waals surface area (Å²) in [4.78, 5) is 16.0. The first kappa shape index (κ1) is 12.4. The van der Waals surface area contributed by atoms with Crippen LogP contribution in [0.4, 0.5) is 5.95 Å². The Morgan fingerprint density at radius 3 is 2.80 bits per heavy atom. The van der Waals surface area contributed by atoms with Gasteiger partial charge in [0.05, 0.1) is 10.6 Å². The van der Waals surface area contributed by atoms with Gasteiger partial charge in [-0.25, -0.2) is 5.10 Å². The molecule has 0 spiro atoms. The van der Waals surface area contributed by atoms with Gasteiger partial charge in [0.25, 0.3) is 5.91 Å². The van der Waals surface area contributed by atoms with Gasteiger partial charge in [0.2, 0.25) is 5.95 Å². The summed E-state index contributed by atoms with van der Waals surface area (Å²) in [7, 11) is 0. The third kappa shape index (κ3) is 2.41. The number of benzene rings is 1. The van der Waals surface area contributed by atoms with Gasteiger partial charge in [-0.15, -0.1) is 0 Å². The highest BCUT2D eigenvalue weighted by Gasteiger charge is 2.13. The average molecular weight is 288 g/mol. The number of nitrogens with zero attached hydrogens (tertiary/aromatic N) is 3. The summed E-state index contributed by atoms with van der Waals surface area (Å²) in [5.41, 5.74) is 1.22. The Kier molecular flexibility index (Phi) is 3.22. The summed E-state index contributed by atoms with van der Waals surface area (Å²) in [6.07, 6.45) is 5.09. The second-order valence-electron chi connectivity index (χ2n) is 4.04. The summed E-state index contributed by atoms with van der Waals surface area (Å²) < 4.78 is 1.89. The van der Waals surface area contributed by atoms with E-state index in [1.165, 1.54) is 6.33 Å². The molecule has 1 aromatic carbocycles. The van der Waals surface area contributed by atoms with E-state index in [9.17, 15) is 4.79 Å². The van der Waals surface area contributed by atoms with Gasteiger partial charge in [-0.05, 0) is 30.3 Å². The highest BCUT2D eigenvalue weighted by atomic mass is 35.5. The molecule has 7 heteroatoms.